The van der Waals surface area contributed by atoms with Crippen molar-refractivity contribution in [3.63, 3.8) is 0 Å². The normalized spacial score (nSPS) is 17.4. The fraction of sp³-hybridized carbons (Fsp3) is 0.222. The molecule has 2 amide bonds. The number of amides is 2. The number of halogens is 1. The lowest BCUT2D eigenvalue weighted by Crippen LogP contribution is -2.50. The number of nitrogens with one attached hydrogen (secondary N) is 2. The lowest BCUT2D eigenvalue weighted by atomic mass is 10.0. The van der Waals surface area contributed by atoms with E-state index in [1.165, 1.54) is 12.1 Å². The highest BCUT2D eigenvalue weighted by Crippen LogP contribution is 2.21. The molecule has 118 valence electrons. The SMILES string of the molecule is O=C(N[C@H]1CCCNC1=O)c1cccc(-c2ccc(F)cc2)c1. The zero-order valence-electron chi connectivity index (χ0n) is 12.5. The predicted octanol–water partition coefficient (Wildman–Crippen LogP) is 2.50. The average molecular weight is 312 g/mol. The summed E-state index contributed by atoms with van der Waals surface area (Å²) in [6.07, 6.45) is 1.50. The summed E-state index contributed by atoms with van der Waals surface area (Å²) >= 11 is 0. The van der Waals surface area contributed by atoms with Crippen LogP contribution in [0.5, 0.6) is 0 Å². The maximum absolute atomic E-state index is 13.0. The number of rotatable bonds is 3. The highest BCUT2D eigenvalue weighted by molar-refractivity contribution is 5.98. The van der Waals surface area contributed by atoms with Gasteiger partial charge >= 0.3 is 0 Å². The Morgan fingerprint density at radius 1 is 1.13 bits per heavy atom. The summed E-state index contributed by atoms with van der Waals surface area (Å²) in [5.41, 5.74) is 2.13. The number of carbonyl (C=O) groups is 2. The van der Waals surface area contributed by atoms with Gasteiger partial charge in [-0.25, -0.2) is 4.39 Å². The molecule has 0 bridgehead atoms. The first-order valence-electron chi connectivity index (χ1n) is 7.58. The van der Waals surface area contributed by atoms with Crippen molar-refractivity contribution in [3.05, 3.63) is 59.9 Å². The van der Waals surface area contributed by atoms with E-state index in [2.05, 4.69) is 10.6 Å². The second kappa shape index (κ2) is 6.60. The van der Waals surface area contributed by atoms with E-state index in [-0.39, 0.29) is 17.6 Å². The van der Waals surface area contributed by atoms with Gasteiger partial charge in [-0.2, -0.15) is 0 Å². The van der Waals surface area contributed by atoms with Gasteiger partial charge in [-0.3, -0.25) is 9.59 Å². The number of benzene rings is 2. The topological polar surface area (TPSA) is 58.2 Å². The van der Waals surface area contributed by atoms with Gasteiger partial charge < -0.3 is 10.6 Å². The van der Waals surface area contributed by atoms with E-state index in [4.69, 9.17) is 0 Å². The average Bonchev–Trinajstić information content (AvgIpc) is 2.58. The molecule has 1 fully saturated rings. The number of hydrogen-bond donors (Lipinski definition) is 2. The van der Waals surface area contributed by atoms with Gasteiger partial charge in [-0.05, 0) is 48.2 Å². The Morgan fingerprint density at radius 2 is 1.91 bits per heavy atom. The molecular formula is C18H17FN2O2. The lowest BCUT2D eigenvalue weighted by Gasteiger charge is -2.22. The molecule has 0 unspecified atom stereocenters. The van der Waals surface area contributed by atoms with Crippen LogP contribution in [0.25, 0.3) is 11.1 Å². The Kier molecular flexibility index (Phi) is 4.37. The van der Waals surface area contributed by atoms with E-state index in [0.717, 1.165) is 17.5 Å². The van der Waals surface area contributed by atoms with Crippen molar-refractivity contribution in [2.75, 3.05) is 6.54 Å². The van der Waals surface area contributed by atoms with E-state index >= 15 is 0 Å². The van der Waals surface area contributed by atoms with Crippen LogP contribution >= 0.6 is 0 Å². The summed E-state index contributed by atoms with van der Waals surface area (Å²) in [5.74, 6) is -0.721. The minimum absolute atomic E-state index is 0.140. The third-order valence-electron chi connectivity index (χ3n) is 3.89. The van der Waals surface area contributed by atoms with Gasteiger partial charge in [0.05, 0.1) is 0 Å². The number of carbonyl (C=O) groups excluding carboxylic acids is 2. The molecule has 1 saturated heterocycles. The van der Waals surface area contributed by atoms with Crippen LogP contribution in [0.2, 0.25) is 0 Å². The Bertz CT molecular complexity index is 728. The number of piperidine rings is 1. The first-order valence-corrected chi connectivity index (χ1v) is 7.58. The maximum Gasteiger partial charge on any atom is 0.251 e. The maximum atomic E-state index is 13.0. The van der Waals surface area contributed by atoms with Gasteiger partial charge in [-0.1, -0.05) is 24.3 Å². The van der Waals surface area contributed by atoms with Crippen molar-refractivity contribution in [3.8, 4) is 11.1 Å². The Hall–Kier alpha value is -2.69. The van der Waals surface area contributed by atoms with Crippen molar-refractivity contribution in [2.45, 2.75) is 18.9 Å². The van der Waals surface area contributed by atoms with Crippen molar-refractivity contribution in [2.24, 2.45) is 0 Å². The summed E-state index contributed by atoms with van der Waals surface area (Å²) in [4.78, 5) is 24.1. The van der Waals surface area contributed by atoms with Crippen molar-refractivity contribution < 1.29 is 14.0 Å². The molecule has 5 heteroatoms. The molecule has 4 nitrogen and oxygen atoms in total. The van der Waals surface area contributed by atoms with Crippen molar-refractivity contribution >= 4 is 11.8 Å². The second-order valence-corrected chi connectivity index (χ2v) is 5.55. The highest BCUT2D eigenvalue weighted by atomic mass is 19.1. The van der Waals surface area contributed by atoms with Crippen LogP contribution < -0.4 is 10.6 Å². The third kappa shape index (κ3) is 3.56. The standard InChI is InChI=1S/C18H17FN2O2/c19-15-8-6-12(7-9-15)13-3-1-4-14(11-13)17(22)21-16-5-2-10-20-18(16)23/h1,3-4,6-9,11,16H,2,5,10H2,(H,20,23)(H,21,22)/t16-/m0/s1. The van der Waals surface area contributed by atoms with Crippen LogP contribution in [-0.4, -0.2) is 24.4 Å². The monoisotopic (exact) mass is 312 g/mol. The molecule has 23 heavy (non-hydrogen) atoms. The van der Waals surface area contributed by atoms with Gasteiger partial charge in [0.1, 0.15) is 11.9 Å². The fourth-order valence-corrected chi connectivity index (χ4v) is 2.63. The molecule has 1 atom stereocenters. The second-order valence-electron chi connectivity index (χ2n) is 5.55. The molecule has 1 heterocycles. The van der Waals surface area contributed by atoms with Gasteiger partial charge in [0.25, 0.3) is 5.91 Å². The lowest BCUT2D eigenvalue weighted by molar-refractivity contribution is -0.124. The van der Waals surface area contributed by atoms with Crippen molar-refractivity contribution in [1.82, 2.24) is 10.6 Å². The third-order valence-corrected chi connectivity index (χ3v) is 3.89. The van der Waals surface area contributed by atoms with Crippen LogP contribution in [0.15, 0.2) is 48.5 Å². The van der Waals surface area contributed by atoms with Crippen LogP contribution in [0, 0.1) is 5.82 Å². The molecule has 2 aromatic rings. The van der Waals surface area contributed by atoms with Gasteiger partial charge in [0.15, 0.2) is 0 Å². The molecule has 0 radical (unpaired) electrons. The summed E-state index contributed by atoms with van der Waals surface area (Å²) < 4.78 is 13.0. The van der Waals surface area contributed by atoms with E-state index < -0.39 is 6.04 Å². The van der Waals surface area contributed by atoms with Crippen molar-refractivity contribution in [1.29, 1.82) is 0 Å². The molecular weight excluding hydrogens is 295 g/mol. The minimum atomic E-state index is -0.481. The van der Waals surface area contributed by atoms with Crippen LogP contribution in [0.3, 0.4) is 0 Å². The molecule has 0 saturated carbocycles. The largest absolute Gasteiger partial charge is 0.354 e. The molecule has 0 aromatic heterocycles. The fourth-order valence-electron chi connectivity index (χ4n) is 2.63. The zero-order chi connectivity index (χ0) is 16.2. The highest BCUT2D eigenvalue weighted by Gasteiger charge is 2.24. The van der Waals surface area contributed by atoms with E-state index in [0.29, 0.717) is 18.5 Å². The van der Waals surface area contributed by atoms with E-state index in [9.17, 15) is 14.0 Å². The Morgan fingerprint density at radius 3 is 2.65 bits per heavy atom. The quantitative estimate of drug-likeness (QED) is 0.915. The molecule has 1 aliphatic heterocycles. The zero-order valence-corrected chi connectivity index (χ0v) is 12.5. The smallest absolute Gasteiger partial charge is 0.251 e. The molecule has 2 aromatic carbocycles. The summed E-state index contributed by atoms with van der Waals surface area (Å²) in [6.45, 7) is 0.658. The molecule has 0 aliphatic carbocycles. The summed E-state index contributed by atoms with van der Waals surface area (Å²) in [7, 11) is 0. The summed E-state index contributed by atoms with van der Waals surface area (Å²) in [6, 6.07) is 12.7. The van der Waals surface area contributed by atoms with Crippen LogP contribution in [0.4, 0.5) is 4.39 Å². The van der Waals surface area contributed by atoms with E-state index in [1.807, 2.05) is 6.07 Å². The first kappa shape index (κ1) is 15.2. The molecule has 2 N–H and O–H groups in total. The van der Waals surface area contributed by atoms with Gasteiger partial charge in [-0.15, -0.1) is 0 Å². The number of hydrogen-bond acceptors (Lipinski definition) is 2. The van der Waals surface area contributed by atoms with Gasteiger partial charge in [0.2, 0.25) is 5.91 Å². The van der Waals surface area contributed by atoms with Crippen LogP contribution in [-0.2, 0) is 4.79 Å². The van der Waals surface area contributed by atoms with E-state index in [1.54, 1.807) is 30.3 Å². The minimum Gasteiger partial charge on any atom is -0.354 e. The molecule has 0 spiro atoms. The molecule has 1 aliphatic rings. The first-order chi connectivity index (χ1) is 11.1. The van der Waals surface area contributed by atoms with Gasteiger partial charge in [0, 0.05) is 12.1 Å². The Labute approximate surface area is 133 Å². The summed E-state index contributed by atoms with van der Waals surface area (Å²) in [5, 5.41) is 5.50. The molecule has 3 rings (SSSR count). The predicted molar refractivity (Wildman–Crippen MR) is 85.3 cm³/mol. The Balaban J connectivity index is 1.77. The van der Waals surface area contributed by atoms with Crippen LogP contribution in [0.1, 0.15) is 23.2 Å².